The van der Waals surface area contributed by atoms with Crippen LogP contribution in [-0.2, 0) is 11.2 Å². The van der Waals surface area contributed by atoms with Gasteiger partial charge in [0, 0.05) is 23.5 Å². The molecular formula is C18H17NO2. The van der Waals surface area contributed by atoms with Gasteiger partial charge < -0.3 is 14.5 Å². The third-order valence-corrected chi connectivity index (χ3v) is 3.87. The molecule has 106 valence electrons. The lowest BCUT2D eigenvalue weighted by Gasteiger charge is -2.11. The van der Waals surface area contributed by atoms with Gasteiger partial charge in [-0.05, 0) is 29.3 Å². The number of epoxide rings is 1. The van der Waals surface area contributed by atoms with E-state index >= 15 is 0 Å². The summed E-state index contributed by atoms with van der Waals surface area (Å²) in [6.07, 6.45) is 3.14. The van der Waals surface area contributed by atoms with Crippen molar-refractivity contribution in [2.75, 3.05) is 13.2 Å². The van der Waals surface area contributed by atoms with Crippen LogP contribution in [0, 0.1) is 0 Å². The Bertz CT molecular complexity index is 759. The smallest absolute Gasteiger partial charge is 0.122 e. The summed E-state index contributed by atoms with van der Waals surface area (Å²) in [5, 5.41) is 1.28. The highest BCUT2D eigenvalue weighted by Gasteiger charge is 2.23. The van der Waals surface area contributed by atoms with E-state index in [0.29, 0.717) is 6.61 Å². The Hall–Kier alpha value is -2.26. The minimum Gasteiger partial charge on any atom is -0.490 e. The van der Waals surface area contributed by atoms with Crippen LogP contribution in [0.4, 0.5) is 0 Å². The highest BCUT2D eigenvalue weighted by molar-refractivity contribution is 5.83. The molecule has 3 nitrogen and oxygen atoms in total. The normalized spacial score (nSPS) is 17.0. The Kier molecular flexibility index (Phi) is 3.13. The molecule has 3 heteroatoms. The van der Waals surface area contributed by atoms with Crippen molar-refractivity contribution in [2.45, 2.75) is 12.5 Å². The average molecular weight is 279 g/mol. The third kappa shape index (κ3) is 2.65. The van der Waals surface area contributed by atoms with E-state index in [-0.39, 0.29) is 6.10 Å². The van der Waals surface area contributed by atoms with Gasteiger partial charge in [0.1, 0.15) is 18.5 Å². The van der Waals surface area contributed by atoms with Gasteiger partial charge in [0.2, 0.25) is 0 Å². The fraction of sp³-hybridized carbons (Fsp3) is 0.222. The van der Waals surface area contributed by atoms with Crippen LogP contribution < -0.4 is 4.74 Å². The van der Waals surface area contributed by atoms with E-state index in [2.05, 4.69) is 41.4 Å². The van der Waals surface area contributed by atoms with Gasteiger partial charge in [-0.2, -0.15) is 0 Å². The van der Waals surface area contributed by atoms with Crippen molar-refractivity contribution in [1.82, 2.24) is 4.98 Å². The molecule has 0 saturated carbocycles. The summed E-state index contributed by atoms with van der Waals surface area (Å²) in [6.45, 7) is 1.47. The van der Waals surface area contributed by atoms with Crippen LogP contribution in [0.15, 0.2) is 54.7 Å². The van der Waals surface area contributed by atoms with Crippen molar-refractivity contribution >= 4 is 10.9 Å². The molecule has 0 bridgehead atoms. The van der Waals surface area contributed by atoms with Crippen molar-refractivity contribution in [1.29, 1.82) is 0 Å². The molecule has 2 aromatic carbocycles. The van der Waals surface area contributed by atoms with Crippen LogP contribution in [0.1, 0.15) is 11.1 Å². The first kappa shape index (κ1) is 12.5. The van der Waals surface area contributed by atoms with Gasteiger partial charge in [-0.3, -0.25) is 0 Å². The summed E-state index contributed by atoms with van der Waals surface area (Å²) in [7, 11) is 0. The van der Waals surface area contributed by atoms with E-state index in [0.717, 1.165) is 18.8 Å². The molecule has 0 radical (unpaired) electrons. The number of rotatable bonds is 5. The predicted octanol–water partition coefficient (Wildman–Crippen LogP) is 3.54. The minimum atomic E-state index is 0.283. The fourth-order valence-electron chi connectivity index (χ4n) is 2.65. The van der Waals surface area contributed by atoms with Gasteiger partial charge in [0.25, 0.3) is 0 Å². The van der Waals surface area contributed by atoms with E-state index in [1.807, 2.05) is 18.3 Å². The van der Waals surface area contributed by atoms with E-state index < -0.39 is 0 Å². The number of aromatic amines is 1. The molecule has 3 aromatic rings. The van der Waals surface area contributed by atoms with Crippen LogP contribution in [0.2, 0.25) is 0 Å². The van der Waals surface area contributed by atoms with Gasteiger partial charge >= 0.3 is 0 Å². The van der Waals surface area contributed by atoms with Crippen molar-refractivity contribution in [2.24, 2.45) is 0 Å². The van der Waals surface area contributed by atoms with Crippen LogP contribution in [-0.4, -0.2) is 24.3 Å². The van der Waals surface area contributed by atoms with E-state index in [1.54, 1.807) is 0 Å². The molecule has 1 aliphatic rings. The minimum absolute atomic E-state index is 0.283. The SMILES string of the molecule is c1ccc(OCC2CO2)c(Cc2cccc3[nH]ccc23)c1. The average Bonchev–Trinajstić information content (AvgIpc) is 3.21. The maximum absolute atomic E-state index is 5.89. The molecular weight excluding hydrogens is 262 g/mol. The standard InChI is InChI=1S/C18H17NO2/c1-2-7-18(21-12-15-11-20-15)14(4-1)10-13-5-3-6-17-16(13)8-9-19-17/h1-9,15,19H,10-12H2. The zero-order valence-electron chi connectivity index (χ0n) is 11.7. The Balaban J connectivity index is 1.62. The molecule has 0 amide bonds. The van der Waals surface area contributed by atoms with Gasteiger partial charge in [-0.1, -0.05) is 30.3 Å². The Morgan fingerprint density at radius 1 is 1.05 bits per heavy atom. The summed E-state index contributed by atoms with van der Waals surface area (Å²) in [5.41, 5.74) is 3.71. The lowest BCUT2D eigenvalue weighted by molar-refractivity contribution is 0.261. The van der Waals surface area contributed by atoms with Crippen LogP contribution in [0.5, 0.6) is 5.75 Å². The summed E-state index contributed by atoms with van der Waals surface area (Å²) in [5.74, 6) is 0.959. The molecule has 1 fully saturated rings. The highest BCUT2D eigenvalue weighted by Crippen LogP contribution is 2.26. The second-order valence-electron chi connectivity index (χ2n) is 5.41. The van der Waals surface area contributed by atoms with Crippen LogP contribution in [0.3, 0.4) is 0 Å². The first-order chi connectivity index (χ1) is 10.4. The molecule has 2 heterocycles. The number of hydrogen-bond acceptors (Lipinski definition) is 2. The summed E-state index contributed by atoms with van der Waals surface area (Å²) >= 11 is 0. The molecule has 1 N–H and O–H groups in total. The molecule has 0 aliphatic carbocycles. The molecule has 1 atom stereocenters. The number of hydrogen-bond donors (Lipinski definition) is 1. The van der Waals surface area contributed by atoms with Crippen LogP contribution in [0.25, 0.3) is 10.9 Å². The fourth-order valence-corrected chi connectivity index (χ4v) is 2.65. The lowest BCUT2D eigenvalue weighted by Crippen LogP contribution is -2.06. The lowest BCUT2D eigenvalue weighted by atomic mass is 10.0. The van der Waals surface area contributed by atoms with E-state index in [1.165, 1.54) is 22.0 Å². The van der Waals surface area contributed by atoms with Crippen molar-refractivity contribution in [3.8, 4) is 5.75 Å². The van der Waals surface area contributed by atoms with E-state index in [9.17, 15) is 0 Å². The predicted molar refractivity (Wildman–Crippen MR) is 82.8 cm³/mol. The molecule has 1 aliphatic heterocycles. The van der Waals surface area contributed by atoms with Gasteiger partial charge in [0.15, 0.2) is 0 Å². The maximum atomic E-state index is 5.89. The highest BCUT2D eigenvalue weighted by atomic mass is 16.6. The first-order valence-corrected chi connectivity index (χ1v) is 7.27. The second kappa shape index (κ2) is 5.26. The quantitative estimate of drug-likeness (QED) is 0.725. The zero-order valence-corrected chi connectivity index (χ0v) is 11.7. The van der Waals surface area contributed by atoms with Crippen molar-refractivity contribution in [3.05, 3.63) is 65.9 Å². The molecule has 1 saturated heterocycles. The van der Waals surface area contributed by atoms with Crippen molar-refractivity contribution < 1.29 is 9.47 Å². The number of H-pyrrole nitrogens is 1. The molecule has 1 unspecified atom stereocenters. The first-order valence-electron chi connectivity index (χ1n) is 7.27. The molecule has 1 aromatic heterocycles. The topological polar surface area (TPSA) is 37.5 Å². The Morgan fingerprint density at radius 2 is 1.90 bits per heavy atom. The summed E-state index contributed by atoms with van der Waals surface area (Å²) in [4.78, 5) is 3.26. The molecule has 0 spiro atoms. The Labute approximate surface area is 123 Å². The van der Waals surface area contributed by atoms with Crippen LogP contribution >= 0.6 is 0 Å². The second-order valence-corrected chi connectivity index (χ2v) is 5.41. The summed E-state index contributed by atoms with van der Waals surface area (Å²) in [6, 6.07) is 16.8. The van der Waals surface area contributed by atoms with E-state index in [4.69, 9.17) is 9.47 Å². The summed E-state index contributed by atoms with van der Waals surface area (Å²) < 4.78 is 11.1. The largest absolute Gasteiger partial charge is 0.490 e. The number of nitrogens with one attached hydrogen (secondary N) is 1. The number of benzene rings is 2. The number of para-hydroxylation sites is 1. The monoisotopic (exact) mass is 279 g/mol. The number of fused-ring (bicyclic) bond motifs is 1. The number of ether oxygens (including phenoxy) is 2. The number of aromatic nitrogens is 1. The van der Waals surface area contributed by atoms with Gasteiger partial charge in [-0.25, -0.2) is 0 Å². The van der Waals surface area contributed by atoms with Crippen molar-refractivity contribution in [3.63, 3.8) is 0 Å². The Morgan fingerprint density at radius 3 is 2.81 bits per heavy atom. The molecule has 4 rings (SSSR count). The van der Waals surface area contributed by atoms with Gasteiger partial charge in [0.05, 0.1) is 6.61 Å². The zero-order chi connectivity index (χ0) is 14.1. The van der Waals surface area contributed by atoms with Gasteiger partial charge in [-0.15, -0.1) is 0 Å². The maximum Gasteiger partial charge on any atom is 0.122 e. The molecule has 21 heavy (non-hydrogen) atoms. The third-order valence-electron chi connectivity index (χ3n) is 3.87.